The predicted molar refractivity (Wildman–Crippen MR) is 96.2 cm³/mol. The summed E-state index contributed by atoms with van der Waals surface area (Å²) in [6.07, 6.45) is 1.87. The molecule has 1 aromatic carbocycles. The maximum atomic E-state index is 12.8. The summed E-state index contributed by atoms with van der Waals surface area (Å²) in [5.74, 6) is -0.153. The zero-order valence-corrected chi connectivity index (χ0v) is 15.2. The van der Waals surface area contributed by atoms with Crippen molar-refractivity contribution in [1.29, 1.82) is 0 Å². The van der Waals surface area contributed by atoms with E-state index < -0.39 is 0 Å². The molecule has 0 saturated heterocycles. The number of nitrogens with one attached hydrogen (secondary N) is 1. The second-order valence-corrected chi connectivity index (χ2v) is 6.77. The number of carbonyl (C=O) groups is 1. The molecule has 118 valence electrons. The summed E-state index contributed by atoms with van der Waals surface area (Å²) >= 11 is 3.48. The monoisotopic (exact) mass is 371 g/mol. The number of halogens is 1. The highest BCUT2D eigenvalue weighted by Gasteiger charge is 2.18. The summed E-state index contributed by atoms with van der Waals surface area (Å²) in [5, 5.41) is 3.00. The van der Waals surface area contributed by atoms with Gasteiger partial charge in [-0.15, -0.1) is 0 Å². The van der Waals surface area contributed by atoms with Gasteiger partial charge in [-0.05, 0) is 66.9 Å². The van der Waals surface area contributed by atoms with E-state index in [-0.39, 0.29) is 5.91 Å². The first-order valence-corrected chi connectivity index (χ1v) is 8.19. The Morgan fingerprint density at radius 3 is 2.57 bits per heavy atom. The highest BCUT2D eigenvalue weighted by atomic mass is 79.9. The standard InChI is InChI=1S/C18H18BrN3O/c1-10-5-6-15(11(2)7-10)21-18(23)16-13(4)20-17-12(3)8-14(19)9-22(16)17/h5-9H,1-4H3,(H,21,23). The van der Waals surface area contributed by atoms with Gasteiger partial charge in [0.2, 0.25) is 0 Å². The van der Waals surface area contributed by atoms with E-state index in [1.807, 2.05) is 56.5 Å². The fourth-order valence-corrected chi connectivity index (χ4v) is 3.34. The van der Waals surface area contributed by atoms with Crippen LogP contribution in [0.25, 0.3) is 5.65 Å². The van der Waals surface area contributed by atoms with Crippen LogP contribution in [0.3, 0.4) is 0 Å². The SMILES string of the molecule is Cc1ccc(NC(=O)c2c(C)nc3c(C)cc(Br)cn23)c(C)c1. The van der Waals surface area contributed by atoms with Crippen molar-refractivity contribution in [2.75, 3.05) is 5.32 Å². The van der Waals surface area contributed by atoms with E-state index in [0.717, 1.165) is 26.9 Å². The van der Waals surface area contributed by atoms with Crippen LogP contribution >= 0.6 is 15.9 Å². The molecule has 2 heterocycles. The quantitative estimate of drug-likeness (QED) is 0.716. The maximum absolute atomic E-state index is 12.8. The third-order valence-electron chi connectivity index (χ3n) is 3.89. The first-order valence-electron chi connectivity index (χ1n) is 7.40. The zero-order valence-electron chi connectivity index (χ0n) is 13.6. The van der Waals surface area contributed by atoms with Gasteiger partial charge >= 0.3 is 0 Å². The number of benzene rings is 1. The minimum absolute atomic E-state index is 0.153. The molecule has 0 fully saturated rings. The fourth-order valence-electron chi connectivity index (χ4n) is 2.79. The molecule has 0 saturated carbocycles. The lowest BCUT2D eigenvalue weighted by Gasteiger charge is -2.10. The molecule has 1 N–H and O–H groups in total. The van der Waals surface area contributed by atoms with Crippen molar-refractivity contribution in [3.63, 3.8) is 0 Å². The van der Waals surface area contributed by atoms with Crippen molar-refractivity contribution in [3.05, 3.63) is 63.0 Å². The molecule has 0 aliphatic carbocycles. The Bertz CT molecular complexity index is 928. The zero-order chi connectivity index (χ0) is 16.7. The molecule has 0 unspecified atom stereocenters. The number of anilines is 1. The second-order valence-electron chi connectivity index (χ2n) is 5.85. The van der Waals surface area contributed by atoms with Crippen molar-refractivity contribution < 1.29 is 4.79 Å². The van der Waals surface area contributed by atoms with Crippen LogP contribution in [0.15, 0.2) is 34.9 Å². The number of aromatic nitrogens is 2. The molecule has 3 rings (SSSR count). The van der Waals surface area contributed by atoms with Gasteiger partial charge in [-0.3, -0.25) is 9.20 Å². The Morgan fingerprint density at radius 1 is 1.13 bits per heavy atom. The number of nitrogens with zero attached hydrogens (tertiary/aromatic N) is 2. The van der Waals surface area contributed by atoms with E-state index >= 15 is 0 Å². The predicted octanol–water partition coefficient (Wildman–Crippen LogP) is 4.58. The van der Waals surface area contributed by atoms with Gasteiger partial charge in [0.25, 0.3) is 5.91 Å². The Labute approximate surface area is 143 Å². The van der Waals surface area contributed by atoms with E-state index in [0.29, 0.717) is 11.4 Å². The molecule has 0 aliphatic heterocycles. The lowest BCUT2D eigenvalue weighted by Crippen LogP contribution is -2.16. The van der Waals surface area contributed by atoms with Gasteiger partial charge in [0.05, 0.1) is 5.69 Å². The van der Waals surface area contributed by atoms with Crippen molar-refractivity contribution in [2.24, 2.45) is 0 Å². The molecule has 23 heavy (non-hydrogen) atoms. The summed E-state index contributed by atoms with van der Waals surface area (Å²) in [6, 6.07) is 7.97. The molecular formula is C18H18BrN3O. The first-order chi connectivity index (χ1) is 10.9. The molecule has 0 aliphatic rings. The van der Waals surface area contributed by atoms with Gasteiger partial charge in [-0.1, -0.05) is 17.7 Å². The number of fused-ring (bicyclic) bond motifs is 1. The Kier molecular flexibility index (Phi) is 3.98. The van der Waals surface area contributed by atoms with Gasteiger partial charge in [-0.2, -0.15) is 0 Å². The van der Waals surface area contributed by atoms with Gasteiger partial charge in [0.15, 0.2) is 0 Å². The highest BCUT2D eigenvalue weighted by molar-refractivity contribution is 9.10. The highest BCUT2D eigenvalue weighted by Crippen LogP contribution is 2.22. The minimum Gasteiger partial charge on any atom is -0.320 e. The third-order valence-corrected chi connectivity index (χ3v) is 4.32. The topological polar surface area (TPSA) is 46.4 Å². The van der Waals surface area contributed by atoms with Gasteiger partial charge in [-0.25, -0.2) is 4.98 Å². The molecule has 4 nitrogen and oxygen atoms in total. The smallest absolute Gasteiger partial charge is 0.274 e. The van der Waals surface area contributed by atoms with E-state index in [1.54, 1.807) is 0 Å². The maximum Gasteiger partial charge on any atom is 0.274 e. The van der Waals surface area contributed by atoms with Gasteiger partial charge in [0.1, 0.15) is 11.3 Å². The molecule has 3 aromatic rings. The Balaban J connectivity index is 2.06. The van der Waals surface area contributed by atoms with Gasteiger partial charge < -0.3 is 5.32 Å². The molecule has 2 aromatic heterocycles. The Hall–Kier alpha value is -2.14. The van der Waals surface area contributed by atoms with Crippen LogP contribution in [0.4, 0.5) is 5.69 Å². The number of pyridine rings is 1. The average Bonchev–Trinajstić information content (AvgIpc) is 2.78. The molecular weight excluding hydrogens is 354 g/mol. The molecule has 0 atom stereocenters. The summed E-state index contributed by atoms with van der Waals surface area (Å²) in [5.41, 5.74) is 6.14. The van der Waals surface area contributed by atoms with E-state index in [2.05, 4.69) is 32.3 Å². The first kappa shape index (κ1) is 15.7. The van der Waals surface area contributed by atoms with Crippen LogP contribution in [-0.2, 0) is 0 Å². The van der Waals surface area contributed by atoms with Crippen LogP contribution in [0.1, 0.15) is 32.9 Å². The van der Waals surface area contributed by atoms with E-state index in [1.165, 1.54) is 5.56 Å². The molecule has 5 heteroatoms. The molecule has 0 bridgehead atoms. The molecule has 0 radical (unpaired) electrons. The summed E-state index contributed by atoms with van der Waals surface area (Å²) < 4.78 is 2.76. The second kappa shape index (κ2) is 5.81. The van der Waals surface area contributed by atoms with Crippen molar-refractivity contribution in [3.8, 4) is 0 Å². The number of carbonyl (C=O) groups excluding carboxylic acids is 1. The number of aryl methyl sites for hydroxylation is 4. The summed E-state index contributed by atoms with van der Waals surface area (Å²) in [6.45, 7) is 7.87. The van der Waals surface area contributed by atoms with Crippen LogP contribution in [0.2, 0.25) is 0 Å². The van der Waals surface area contributed by atoms with Crippen LogP contribution in [0, 0.1) is 27.7 Å². The summed E-state index contributed by atoms with van der Waals surface area (Å²) in [7, 11) is 0. The number of hydrogen-bond acceptors (Lipinski definition) is 2. The summed E-state index contributed by atoms with van der Waals surface area (Å²) in [4.78, 5) is 17.3. The van der Waals surface area contributed by atoms with Crippen molar-refractivity contribution >= 4 is 33.2 Å². The van der Waals surface area contributed by atoms with Gasteiger partial charge in [0, 0.05) is 16.4 Å². The van der Waals surface area contributed by atoms with E-state index in [4.69, 9.17) is 0 Å². The van der Waals surface area contributed by atoms with E-state index in [9.17, 15) is 4.79 Å². The lowest BCUT2D eigenvalue weighted by molar-refractivity contribution is 0.102. The van der Waals surface area contributed by atoms with Crippen LogP contribution in [-0.4, -0.2) is 15.3 Å². The lowest BCUT2D eigenvalue weighted by atomic mass is 10.1. The number of amides is 1. The van der Waals surface area contributed by atoms with Crippen molar-refractivity contribution in [1.82, 2.24) is 9.38 Å². The van der Waals surface area contributed by atoms with Crippen molar-refractivity contribution in [2.45, 2.75) is 27.7 Å². The average molecular weight is 372 g/mol. The Morgan fingerprint density at radius 2 is 1.87 bits per heavy atom. The fraction of sp³-hybridized carbons (Fsp3) is 0.222. The number of rotatable bonds is 2. The molecule has 1 amide bonds. The largest absolute Gasteiger partial charge is 0.320 e. The molecule has 0 spiro atoms. The third kappa shape index (κ3) is 2.88. The minimum atomic E-state index is -0.153. The normalized spacial score (nSPS) is 11.0. The van der Waals surface area contributed by atoms with Crippen LogP contribution < -0.4 is 5.32 Å². The number of imidazole rings is 1. The van der Waals surface area contributed by atoms with Crippen LogP contribution in [0.5, 0.6) is 0 Å². The number of hydrogen-bond donors (Lipinski definition) is 1.